The molecule has 1 aromatic carbocycles. The lowest BCUT2D eigenvalue weighted by atomic mass is 9.97. The number of nitrogens with zero attached hydrogens (tertiary/aromatic N) is 3. The van der Waals surface area contributed by atoms with Gasteiger partial charge in [-0.3, -0.25) is 0 Å². The molecule has 114 valence electrons. The van der Waals surface area contributed by atoms with Crippen LogP contribution < -0.4 is 11.1 Å². The summed E-state index contributed by atoms with van der Waals surface area (Å²) in [4.78, 5) is 5.59. The molecule has 0 aliphatic carbocycles. The van der Waals surface area contributed by atoms with Gasteiger partial charge in [0.1, 0.15) is 0 Å². The first-order valence-corrected chi connectivity index (χ1v) is 7.76. The third-order valence-electron chi connectivity index (χ3n) is 3.78. The number of hydrogen-bond acceptors (Lipinski definition) is 5. The first-order chi connectivity index (χ1) is 10.3. The average Bonchev–Trinajstić information content (AvgIpc) is 3.15. The summed E-state index contributed by atoms with van der Waals surface area (Å²) < 4.78 is 1.90. The first kappa shape index (κ1) is 14.9. The van der Waals surface area contributed by atoms with Crippen molar-refractivity contribution in [1.82, 2.24) is 14.8 Å². The van der Waals surface area contributed by atoms with Crippen LogP contribution in [0.15, 0.2) is 47.8 Å². The average molecular weight is 334 g/mol. The van der Waals surface area contributed by atoms with Gasteiger partial charge in [-0.2, -0.15) is 4.98 Å². The fourth-order valence-electron chi connectivity index (χ4n) is 2.82. The molecule has 0 bridgehead atoms. The Morgan fingerprint density at radius 1 is 1.18 bits per heavy atom. The van der Waals surface area contributed by atoms with Gasteiger partial charge in [0.05, 0.1) is 12.1 Å². The molecule has 7 heteroatoms. The lowest BCUT2D eigenvalue weighted by Gasteiger charge is -2.30. The number of thiophene rings is 1. The topological polar surface area (TPSA) is 68.8 Å². The fourth-order valence-corrected chi connectivity index (χ4v) is 3.64. The fraction of sp³-hybridized carbons (Fsp3) is 0.200. The quantitative estimate of drug-likeness (QED) is 0.753. The number of rotatable bonds is 2. The van der Waals surface area contributed by atoms with Crippen molar-refractivity contribution in [3.05, 3.63) is 58.3 Å². The molecule has 0 radical (unpaired) electrons. The number of halogens is 1. The molecule has 2 unspecified atom stereocenters. The molecule has 4 rings (SSSR count). The molecule has 22 heavy (non-hydrogen) atoms. The molecule has 0 fully saturated rings. The maximum atomic E-state index is 5.78. The van der Waals surface area contributed by atoms with Crippen LogP contribution in [0.4, 0.5) is 11.9 Å². The van der Waals surface area contributed by atoms with Gasteiger partial charge in [-0.05, 0) is 23.4 Å². The number of benzene rings is 1. The smallest absolute Gasteiger partial charge is 0.241 e. The third kappa shape index (κ3) is 2.55. The molecule has 0 saturated carbocycles. The van der Waals surface area contributed by atoms with E-state index in [9.17, 15) is 0 Å². The molecule has 5 nitrogen and oxygen atoms in total. The Balaban J connectivity index is 0.00000144. The molecule has 1 aliphatic rings. The van der Waals surface area contributed by atoms with E-state index in [1.54, 1.807) is 11.3 Å². The number of nitrogens with two attached hydrogens (primary N) is 1. The van der Waals surface area contributed by atoms with Gasteiger partial charge >= 0.3 is 0 Å². The van der Waals surface area contributed by atoms with Crippen molar-refractivity contribution in [1.29, 1.82) is 0 Å². The largest absolute Gasteiger partial charge is 0.366 e. The number of anilines is 2. The van der Waals surface area contributed by atoms with Crippen LogP contribution in [0.2, 0.25) is 0 Å². The van der Waals surface area contributed by atoms with Crippen molar-refractivity contribution in [2.45, 2.75) is 18.5 Å². The summed E-state index contributed by atoms with van der Waals surface area (Å²) in [6.45, 7) is 0. The van der Waals surface area contributed by atoms with Crippen LogP contribution in [0.25, 0.3) is 0 Å². The van der Waals surface area contributed by atoms with Crippen molar-refractivity contribution in [3.8, 4) is 0 Å². The van der Waals surface area contributed by atoms with Gasteiger partial charge in [-0.25, -0.2) is 4.68 Å². The van der Waals surface area contributed by atoms with Gasteiger partial charge in [0, 0.05) is 4.88 Å². The Hall–Kier alpha value is -2.05. The molecule has 2 aromatic heterocycles. The Kier molecular flexibility index (Phi) is 4.04. The number of hydrogen-bond donors (Lipinski definition) is 2. The standard InChI is InChI=1S/C15H15N5S.ClH/c16-14-18-15-17-11(10-5-2-1-3-6-10)9-12(20(15)19-14)13-7-4-8-21-13;/h1-8,11-12H,9H2,(H3,16,17,18,19);1H. The van der Waals surface area contributed by atoms with Crippen LogP contribution in [0.3, 0.4) is 0 Å². The van der Waals surface area contributed by atoms with Crippen molar-refractivity contribution >= 4 is 35.6 Å². The molecule has 0 saturated heterocycles. The first-order valence-electron chi connectivity index (χ1n) is 6.88. The van der Waals surface area contributed by atoms with E-state index in [2.05, 4.69) is 57.2 Å². The SMILES string of the molecule is Cl.Nc1nc2n(n1)C(c1cccs1)CC(c1ccccc1)N2. The monoisotopic (exact) mass is 333 g/mol. The molecule has 3 N–H and O–H groups in total. The number of aromatic nitrogens is 3. The van der Waals surface area contributed by atoms with Crippen LogP contribution in [0.5, 0.6) is 0 Å². The summed E-state index contributed by atoms with van der Waals surface area (Å²) in [6, 6.07) is 15.0. The van der Waals surface area contributed by atoms with Crippen molar-refractivity contribution < 1.29 is 0 Å². The molecular weight excluding hydrogens is 318 g/mol. The lowest BCUT2D eigenvalue weighted by molar-refractivity contribution is 0.437. The van der Waals surface area contributed by atoms with Crippen LogP contribution in [-0.4, -0.2) is 14.8 Å². The molecule has 0 amide bonds. The van der Waals surface area contributed by atoms with E-state index in [0.717, 1.165) is 12.4 Å². The van der Waals surface area contributed by atoms with E-state index in [1.807, 2.05) is 10.7 Å². The zero-order valence-electron chi connectivity index (χ0n) is 11.7. The number of nitrogen functional groups attached to an aromatic ring is 1. The van der Waals surface area contributed by atoms with Crippen LogP contribution in [0, 0.1) is 0 Å². The Bertz CT molecular complexity index is 741. The second-order valence-corrected chi connectivity index (χ2v) is 6.09. The van der Waals surface area contributed by atoms with Gasteiger partial charge in [0.15, 0.2) is 0 Å². The van der Waals surface area contributed by atoms with E-state index >= 15 is 0 Å². The van der Waals surface area contributed by atoms with E-state index in [0.29, 0.717) is 5.95 Å². The minimum absolute atomic E-state index is 0. The second kappa shape index (κ2) is 5.98. The van der Waals surface area contributed by atoms with E-state index in [-0.39, 0.29) is 24.5 Å². The molecule has 1 aliphatic heterocycles. The molecule has 3 heterocycles. The summed E-state index contributed by atoms with van der Waals surface area (Å²) in [5.41, 5.74) is 7.03. The predicted molar refractivity (Wildman–Crippen MR) is 91.6 cm³/mol. The maximum Gasteiger partial charge on any atom is 0.241 e. The summed E-state index contributed by atoms with van der Waals surface area (Å²) >= 11 is 1.74. The van der Waals surface area contributed by atoms with E-state index in [1.165, 1.54) is 10.4 Å². The molecule has 3 aromatic rings. The zero-order chi connectivity index (χ0) is 14.2. The predicted octanol–water partition coefficient (Wildman–Crippen LogP) is 3.49. The van der Waals surface area contributed by atoms with Crippen LogP contribution in [0.1, 0.15) is 28.9 Å². The highest BCUT2D eigenvalue weighted by Crippen LogP contribution is 2.39. The van der Waals surface area contributed by atoms with Crippen molar-refractivity contribution in [2.75, 3.05) is 11.1 Å². The second-order valence-electron chi connectivity index (χ2n) is 5.11. The zero-order valence-corrected chi connectivity index (χ0v) is 13.3. The highest BCUT2D eigenvalue weighted by atomic mass is 35.5. The molecular formula is C15H16ClN5S. The Morgan fingerprint density at radius 3 is 2.73 bits per heavy atom. The highest BCUT2D eigenvalue weighted by molar-refractivity contribution is 7.10. The third-order valence-corrected chi connectivity index (χ3v) is 4.75. The summed E-state index contributed by atoms with van der Waals surface area (Å²) in [5.74, 6) is 1.05. The lowest BCUT2D eigenvalue weighted by Crippen LogP contribution is -2.27. The van der Waals surface area contributed by atoms with Gasteiger partial charge in [0.2, 0.25) is 11.9 Å². The highest BCUT2D eigenvalue weighted by Gasteiger charge is 2.31. The minimum atomic E-state index is 0. The molecule has 2 atom stereocenters. The van der Waals surface area contributed by atoms with E-state index < -0.39 is 0 Å². The number of nitrogens with one attached hydrogen (secondary N) is 1. The van der Waals surface area contributed by atoms with Crippen molar-refractivity contribution in [3.63, 3.8) is 0 Å². The summed E-state index contributed by atoms with van der Waals surface area (Å²) in [7, 11) is 0. The van der Waals surface area contributed by atoms with Gasteiger partial charge < -0.3 is 11.1 Å². The number of fused-ring (bicyclic) bond motifs is 1. The van der Waals surface area contributed by atoms with Gasteiger partial charge in [0.25, 0.3) is 0 Å². The van der Waals surface area contributed by atoms with E-state index in [4.69, 9.17) is 5.73 Å². The van der Waals surface area contributed by atoms with Crippen LogP contribution >= 0.6 is 23.7 Å². The molecule has 0 spiro atoms. The minimum Gasteiger partial charge on any atom is -0.366 e. The Labute approximate surface area is 138 Å². The van der Waals surface area contributed by atoms with Crippen molar-refractivity contribution in [2.24, 2.45) is 0 Å². The maximum absolute atomic E-state index is 5.78. The normalized spacial score (nSPS) is 19.8. The van der Waals surface area contributed by atoms with Gasteiger partial charge in [-0.1, -0.05) is 36.4 Å². The van der Waals surface area contributed by atoms with Gasteiger partial charge in [-0.15, -0.1) is 28.8 Å². The Morgan fingerprint density at radius 2 is 2.00 bits per heavy atom. The summed E-state index contributed by atoms with van der Waals surface area (Å²) in [5, 5.41) is 9.88. The van der Waals surface area contributed by atoms with Crippen LogP contribution in [-0.2, 0) is 0 Å². The summed E-state index contributed by atoms with van der Waals surface area (Å²) in [6.07, 6.45) is 0.931.